The van der Waals surface area contributed by atoms with Crippen LogP contribution in [0, 0.1) is 0 Å². The van der Waals surface area contributed by atoms with Crippen LogP contribution < -0.4 is 14.8 Å². The molecule has 0 saturated carbocycles. The third-order valence-electron chi connectivity index (χ3n) is 5.51. The maximum absolute atomic E-state index is 12.8. The molecule has 3 N–H and O–H groups in total. The molecule has 2 aromatic rings. The number of sulfonamides is 1. The molecule has 1 heterocycles. The van der Waals surface area contributed by atoms with Crippen LogP contribution in [0.4, 0.5) is 5.69 Å². The number of nitrogens with one attached hydrogen (secondary N) is 2. The molecule has 1 aliphatic heterocycles. The summed E-state index contributed by atoms with van der Waals surface area (Å²) in [7, 11) is -0.830. The van der Waals surface area contributed by atoms with Crippen LogP contribution in [-0.4, -0.2) is 39.6 Å². The first kappa shape index (κ1) is 20.1. The monoisotopic (exact) mass is 428 g/mol. The Morgan fingerprint density at radius 1 is 1.23 bits per heavy atom. The van der Waals surface area contributed by atoms with E-state index in [1.54, 1.807) is 18.2 Å². The van der Waals surface area contributed by atoms with Gasteiger partial charge in [0, 0.05) is 11.3 Å². The number of rotatable bonds is 5. The lowest BCUT2D eigenvalue weighted by molar-refractivity contribution is -0.137. The molecule has 2 aromatic carbocycles. The van der Waals surface area contributed by atoms with Gasteiger partial charge in [-0.15, -0.1) is 0 Å². The van der Waals surface area contributed by atoms with E-state index in [9.17, 15) is 23.1 Å². The van der Waals surface area contributed by atoms with Crippen molar-refractivity contribution in [1.29, 1.82) is 0 Å². The molecule has 156 valence electrons. The summed E-state index contributed by atoms with van der Waals surface area (Å²) in [5.74, 6) is -0.972. The lowest BCUT2D eigenvalue weighted by Crippen LogP contribution is -2.18. The molecule has 0 radical (unpaired) electrons. The summed E-state index contributed by atoms with van der Waals surface area (Å²) in [6.07, 6.45) is 0.277. The molecule has 30 heavy (non-hydrogen) atoms. The predicted octanol–water partition coefficient (Wildman–Crippen LogP) is 2.43. The van der Waals surface area contributed by atoms with Crippen LogP contribution in [0.15, 0.2) is 41.3 Å². The standard InChI is InChI=1S/C21H20N2O6S/c1-22-30(27,28)13-4-6-18-17(10-13)20(21(26)23-18)16-7-11(8-19(24)25)15-9-12(29-2)3-5-14(15)16/h3-6,9-11,22H,7-8H2,1-2H3,(H,23,26)(H,24,25)/b20-16-. The molecule has 1 atom stereocenters. The minimum atomic E-state index is -3.69. The molecule has 4 rings (SSSR count). The van der Waals surface area contributed by atoms with E-state index in [2.05, 4.69) is 10.0 Å². The Hall–Kier alpha value is -3.17. The van der Waals surface area contributed by atoms with E-state index in [0.717, 1.165) is 11.1 Å². The van der Waals surface area contributed by atoms with Crippen LogP contribution in [-0.2, 0) is 19.6 Å². The van der Waals surface area contributed by atoms with Gasteiger partial charge in [0.1, 0.15) is 5.75 Å². The van der Waals surface area contributed by atoms with Crippen LogP contribution in [0.2, 0.25) is 0 Å². The molecule has 0 bridgehead atoms. The van der Waals surface area contributed by atoms with E-state index in [-0.39, 0.29) is 23.1 Å². The Labute approximate surface area is 173 Å². The normalized spacial score (nSPS) is 19.9. The van der Waals surface area contributed by atoms with Gasteiger partial charge < -0.3 is 15.2 Å². The SMILES string of the molecule is CNS(=O)(=O)c1ccc2c(c1)/C(=C1\CC(CC(=O)O)c3cc(OC)ccc31)C(=O)N2. The van der Waals surface area contributed by atoms with Crippen molar-refractivity contribution < 1.29 is 27.9 Å². The number of carboxylic acid groups (broad SMARTS) is 1. The number of allylic oxidation sites excluding steroid dienone is 1. The lowest BCUT2D eigenvalue weighted by Gasteiger charge is -2.09. The number of carboxylic acids is 1. The number of amides is 1. The largest absolute Gasteiger partial charge is 0.497 e. The summed E-state index contributed by atoms with van der Waals surface area (Å²) < 4.78 is 32.0. The average molecular weight is 428 g/mol. The van der Waals surface area contributed by atoms with Crippen molar-refractivity contribution in [2.45, 2.75) is 23.7 Å². The van der Waals surface area contributed by atoms with E-state index >= 15 is 0 Å². The Balaban J connectivity index is 1.92. The van der Waals surface area contributed by atoms with E-state index in [1.165, 1.54) is 26.3 Å². The van der Waals surface area contributed by atoms with Crippen LogP contribution in [0.3, 0.4) is 0 Å². The molecule has 0 spiro atoms. The van der Waals surface area contributed by atoms with Crippen molar-refractivity contribution in [3.05, 3.63) is 53.1 Å². The molecule has 2 aliphatic rings. The fraction of sp³-hybridized carbons (Fsp3) is 0.238. The summed E-state index contributed by atoms with van der Waals surface area (Å²) in [6, 6.07) is 9.83. The van der Waals surface area contributed by atoms with Crippen molar-refractivity contribution in [3.63, 3.8) is 0 Å². The fourth-order valence-electron chi connectivity index (χ4n) is 4.11. The summed E-state index contributed by atoms with van der Waals surface area (Å²) in [5.41, 5.74) is 3.67. The van der Waals surface area contributed by atoms with Gasteiger partial charge in [0.15, 0.2) is 0 Å². The average Bonchev–Trinajstić information content (AvgIpc) is 3.22. The first-order chi connectivity index (χ1) is 14.2. The quantitative estimate of drug-likeness (QED) is 0.629. The van der Waals surface area contributed by atoms with Gasteiger partial charge in [0.25, 0.3) is 5.91 Å². The highest BCUT2D eigenvalue weighted by Crippen LogP contribution is 2.49. The van der Waals surface area contributed by atoms with E-state index in [4.69, 9.17) is 4.74 Å². The number of hydrogen-bond donors (Lipinski definition) is 3. The van der Waals surface area contributed by atoms with Gasteiger partial charge in [-0.1, -0.05) is 6.07 Å². The highest BCUT2D eigenvalue weighted by atomic mass is 32.2. The predicted molar refractivity (Wildman–Crippen MR) is 111 cm³/mol. The van der Waals surface area contributed by atoms with E-state index < -0.39 is 16.0 Å². The van der Waals surface area contributed by atoms with Crippen LogP contribution in [0.1, 0.15) is 35.4 Å². The van der Waals surface area contributed by atoms with Gasteiger partial charge in [-0.2, -0.15) is 0 Å². The van der Waals surface area contributed by atoms with E-state index in [0.29, 0.717) is 34.6 Å². The van der Waals surface area contributed by atoms with Crippen molar-refractivity contribution in [1.82, 2.24) is 4.72 Å². The zero-order chi connectivity index (χ0) is 21.6. The third kappa shape index (κ3) is 3.25. The number of fused-ring (bicyclic) bond motifs is 2. The number of anilines is 1. The highest BCUT2D eigenvalue weighted by molar-refractivity contribution is 7.89. The molecule has 1 amide bonds. The maximum atomic E-state index is 12.8. The molecule has 9 heteroatoms. The van der Waals surface area contributed by atoms with E-state index in [1.807, 2.05) is 6.07 Å². The number of aliphatic carboxylic acids is 1. The second kappa shape index (κ2) is 7.26. The first-order valence-corrected chi connectivity index (χ1v) is 10.8. The smallest absolute Gasteiger partial charge is 0.303 e. The summed E-state index contributed by atoms with van der Waals surface area (Å²) in [4.78, 5) is 24.3. The van der Waals surface area contributed by atoms with Gasteiger partial charge in [0.2, 0.25) is 10.0 Å². The van der Waals surface area contributed by atoms with Crippen LogP contribution in [0.25, 0.3) is 11.1 Å². The van der Waals surface area contributed by atoms with Crippen molar-refractivity contribution >= 4 is 38.7 Å². The van der Waals surface area contributed by atoms with Crippen LogP contribution >= 0.6 is 0 Å². The number of hydrogen-bond acceptors (Lipinski definition) is 5. The van der Waals surface area contributed by atoms with Gasteiger partial charge in [0.05, 0.1) is 24.0 Å². The molecule has 8 nitrogen and oxygen atoms in total. The molecule has 1 aliphatic carbocycles. The lowest BCUT2D eigenvalue weighted by atomic mass is 9.96. The summed E-state index contributed by atoms with van der Waals surface area (Å²) in [6.45, 7) is 0. The third-order valence-corrected chi connectivity index (χ3v) is 6.92. The maximum Gasteiger partial charge on any atom is 0.303 e. The van der Waals surface area contributed by atoms with Crippen molar-refractivity contribution in [3.8, 4) is 5.75 Å². The second-order valence-corrected chi connectivity index (χ2v) is 9.06. The molecular weight excluding hydrogens is 408 g/mol. The Morgan fingerprint density at radius 3 is 2.67 bits per heavy atom. The fourth-order valence-corrected chi connectivity index (χ4v) is 4.86. The molecule has 0 fully saturated rings. The Morgan fingerprint density at radius 2 is 2.00 bits per heavy atom. The Kier molecular flexibility index (Phi) is 4.87. The number of ether oxygens (including phenoxy) is 1. The highest BCUT2D eigenvalue weighted by Gasteiger charge is 2.36. The molecule has 1 unspecified atom stereocenters. The topological polar surface area (TPSA) is 122 Å². The first-order valence-electron chi connectivity index (χ1n) is 9.27. The number of methoxy groups -OCH3 is 1. The second-order valence-electron chi connectivity index (χ2n) is 7.17. The molecule has 0 saturated heterocycles. The molecular formula is C21H20N2O6S. The van der Waals surface area contributed by atoms with Gasteiger partial charge in [-0.05, 0) is 66.4 Å². The minimum absolute atomic E-state index is 0.0494. The zero-order valence-corrected chi connectivity index (χ0v) is 17.2. The van der Waals surface area contributed by atoms with Crippen molar-refractivity contribution in [2.24, 2.45) is 0 Å². The minimum Gasteiger partial charge on any atom is -0.497 e. The summed E-state index contributed by atoms with van der Waals surface area (Å²) >= 11 is 0. The number of carbonyl (C=O) groups excluding carboxylic acids is 1. The molecule has 0 aromatic heterocycles. The van der Waals surface area contributed by atoms with Crippen LogP contribution in [0.5, 0.6) is 5.75 Å². The van der Waals surface area contributed by atoms with Gasteiger partial charge in [-0.25, -0.2) is 13.1 Å². The summed E-state index contributed by atoms with van der Waals surface area (Å²) in [5, 5.41) is 12.1. The Bertz CT molecular complexity index is 1220. The number of carbonyl (C=O) groups is 2. The van der Waals surface area contributed by atoms with Gasteiger partial charge >= 0.3 is 5.97 Å². The zero-order valence-electron chi connectivity index (χ0n) is 16.4. The number of benzene rings is 2. The van der Waals surface area contributed by atoms with Gasteiger partial charge in [-0.3, -0.25) is 9.59 Å². The van der Waals surface area contributed by atoms with Crippen molar-refractivity contribution in [2.75, 3.05) is 19.5 Å².